The topological polar surface area (TPSA) is 49.3 Å². The van der Waals surface area contributed by atoms with Crippen LogP contribution in [-0.4, -0.2) is 24.2 Å². The van der Waals surface area contributed by atoms with Crippen LogP contribution in [0.5, 0.6) is 0 Å². The summed E-state index contributed by atoms with van der Waals surface area (Å²) in [5.74, 6) is 0.0294. The van der Waals surface area contributed by atoms with Crippen molar-refractivity contribution in [2.45, 2.75) is 39.5 Å². The van der Waals surface area contributed by atoms with Crippen LogP contribution in [-0.2, 0) is 6.42 Å². The lowest BCUT2D eigenvalue weighted by Gasteiger charge is -2.02. The molecule has 96 valence electrons. The van der Waals surface area contributed by atoms with Crippen LogP contribution in [0.4, 0.5) is 0 Å². The summed E-state index contributed by atoms with van der Waals surface area (Å²) < 4.78 is 0. The molecule has 1 aromatic rings. The quantitative estimate of drug-likeness (QED) is 0.736. The molecular formula is C13H21NO2S. The Balaban J connectivity index is 2.36. The summed E-state index contributed by atoms with van der Waals surface area (Å²) in [6.45, 7) is 5.08. The van der Waals surface area contributed by atoms with Gasteiger partial charge in [-0.1, -0.05) is 6.92 Å². The average Bonchev–Trinajstić information content (AvgIpc) is 2.70. The Morgan fingerprint density at radius 1 is 1.41 bits per heavy atom. The summed E-state index contributed by atoms with van der Waals surface area (Å²) in [5.41, 5.74) is 1.21. The zero-order valence-electron chi connectivity index (χ0n) is 10.6. The third-order valence-corrected chi connectivity index (χ3v) is 4.07. The van der Waals surface area contributed by atoms with E-state index in [9.17, 15) is 4.79 Å². The molecule has 1 amide bonds. The maximum Gasteiger partial charge on any atom is 0.261 e. The molecule has 1 rings (SSSR count). The largest absolute Gasteiger partial charge is 0.396 e. The van der Waals surface area contributed by atoms with Gasteiger partial charge in [0.05, 0.1) is 4.88 Å². The molecule has 0 aliphatic carbocycles. The second-order valence-corrected chi connectivity index (χ2v) is 5.25. The Hall–Kier alpha value is -0.870. The Morgan fingerprint density at radius 2 is 2.18 bits per heavy atom. The highest BCUT2D eigenvalue weighted by Gasteiger charge is 2.10. The minimum atomic E-state index is 0.0294. The second-order valence-electron chi connectivity index (χ2n) is 4.11. The zero-order valence-corrected chi connectivity index (χ0v) is 11.4. The van der Waals surface area contributed by atoms with Gasteiger partial charge in [0.25, 0.3) is 5.91 Å². The van der Waals surface area contributed by atoms with Crippen LogP contribution in [0.3, 0.4) is 0 Å². The lowest BCUT2D eigenvalue weighted by molar-refractivity contribution is 0.0957. The van der Waals surface area contributed by atoms with E-state index in [1.165, 1.54) is 10.4 Å². The maximum absolute atomic E-state index is 11.8. The lowest BCUT2D eigenvalue weighted by Crippen LogP contribution is -2.23. The van der Waals surface area contributed by atoms with Gasteiger partial charge in [0.2, 0.25) is 0 Å². The standard InChI is InChI=1S/C13H21NO2S/c1-3-11-10(2)9-12(17-11)13(16)14-7-5-4-6-8-15/h9,15H,3-8H2,1-2H3,(H,14,16). The predicted molar refractivity (Wildman–Crippen MR) is 71.7 cm³/mol. The first-order chi connectivity index (χ1) is 8.19. The van der Waals surface area contributed by atoms with Crippen LogP contribution >= 0.6 is 11.3 Å². The van der Waals surface area contributed by atoms with Crippen molar-refractivity contribution in [3.05, 3.63) is 21.4 Å². The number of aryl methyl sites for hydroxylation is 2. The van der Waals surface area contributed by atoms with Gasteiger partial charge in [-0.2, -0.15) is 0 Å². The summed E-state index contributed by atoms with van der Waals surface area (Å²) >= 11 is 1.58. The monoisotopic (exact) mass is 255 g/mol. The molecule has 0 unspecified atom stereocenters. The molecule has 2 N–H and O–H groups in total. The Kier molecular flexibility index (Phi) is 6.22. The summed E-state index contributed by atoms with van der Waals surface area (Å²) in [7, 11) is 0. The van der Waals surface area contributed by atoms with Gasteiger partial charge in [-0.25, -0.2) is 0 Å². The SMILES string of the molecule is CCc1sc(C(=O)NCCCCCO)cc1C. The van der Waals surface area contributed by atoms with E-state index in [-0.39, 0.29) is 12.5 Å². The fourth-order valence-corrected chi connectivity index (χ4v) is 2.72. The lowest BCUT2D eigenvalue weighted by atomic mass is 10.2. The van der Waals surface area contributed by atoms with Crippen molar-refractivity contribution in [1.82, 2.24) is 5.32 Å². The highest BCUT2D eigenvalue weighted by atomic mass is 32.1. The van der Waals surface area contributed by atoms with Crippen molar-refractivity contribution in [2.75, 3.05) is 13.2 Å². The van der Waals surface area contributed by atoms with Crippen molar-refractivity contribution in [3.8, 4) is 0 Å². The molecule has 4 heteroatoms. The van der Waals surface area contributed by atoms with Crippen LogP contribution < -0.4 is 5.32 Å². The minimum Gasteiger partial charge on any atom is -0.396 e. The molecule has 0 aromatic carbocycles. The molecule has 3 nitrogen and oxygen atoms in total. The van der Waals surface area contributed by atoms with E-state index in [2.05, 4.69) is 12.2 Å². The molecule has 1 aromatic heterocycles. The van der Waals surface area contributed by atoms with E-state index in [0.29, 0.717) is 6.54 Å². The number of hydrogen-bond acceptors (Lipinski definition) is 3. The first kappa shape index (κ1) is 14.2. The molecule has 0 fully saturated rings. The number of aliphatic hydroxyl groups excluding tert-OH is 1. The number of amides is 1. The Morgan fingerprint density at radius 3 is 2.76 bits per heavy atom. The van der Waals surface area contributed by atoms with Gasteiger partial charge in [0.15, 0.2) is 0 Å². The molecule has 0 saturated heterocycles. The molecule has 0 radical (unpaired) electrons. The highest BCUT2D eigenvalue weighted by Crippen LogP contribution is 2.22. The highest BCUT2D eigenvalue weighted by molar-refractivity contribution is 7.14. The molecule has 0 atom stereocenters. The van der Waals surface area contributed by atoms with Gasteiger partial charge in [-0.3, -0.25) is 4.79 Å². The van der Waals surface area contributed by atoms with E-state index in [0.717, 1.165) is 30.6 Å². The fourth-order valence-electron chi connectivity index (χ4n) is 1.69. The third-order valence-electron chi connectivity index (χ3n) is 2.69. The summed E-state index contributed by atoms with van der Waals surface area (Å²) in [6, 6.07) is 1.96. The van der Waals surface area contributed by atoms with E-state index in [1.807, 2.05) is 13.0 Å². The van der Waals surface area contributed by atoms with Crippen molar-refractivity contribution < 1.29 is 9.90 Å². The van der Waals surface area contributed by atoms with Gasteiger partial charge in [0, 0.05) is 18.0 Å². The first-order valence-electron chi connectivity index (χ1n) is 6.17. The van der Waals surface area contributed by atoms with Gasteiger partial charge in [0.1, 0.15) is 0 Å². The van der Waals surface area contributed by atoms with Crippen LogP contribution in [0.25, 0.3) is 0 Å². The van der Waals surface area contributed by atoms with Crippen LogP contribution in [0.2, 0.25) is 0 Å². The number of thiophene rings is 1. The van der Waals surface area contributed by atoms with Crippen LogP contribution in [0.15, 0.2) is 6.07 Å². The van der Waals surface area contributed by atoms with Crippen molar-refractivity contribution in [1.29, 1.82) is 0 Å². The summed E-state index contributed by atoms with van der Waals surface area (Å²) in [6.07, 6.45) is 3.69. The Bertz CT molecular complexity index is 360. The van der Waals surface area contributed by atoms with Crippen molar-refractivity contribution in [2.24, 2.45) is 0 Å². The molecule has 1 heterocycles. The van der Waals surface area contributed by atoms with Gasteiger partial charge in [-0.15, -0.1) is 11.3 Å². The second kappa shape index (κ2) is 7.45. The fraction of sp³-hybridized carbons (Fsp3) is 0.615. The zero-order chi connectivity index (χ0) is 12.7. The number of hydrogen-bond donors (Lipinski definition) is 2. The van der Waals surface area contributed by atoms with E-state index in [1.54, 1.807) is 11.3 Å². The predicted octanol–water partition coefficient (Wildman–Crippen LogP) is 2.51. The number of carbonyl (C=O) groups is 1. The van der Waals surface area contributed by atoms with Gasteiger partial charge in [-0.05, 0) is 44.2 Å². The molecular weight excluding hydrogens is 234 g/mol. The van der Waals surface area contributed by atoms with Crippen molar-refractivity contribution >= 4 is 17.2 Å². The summed E-state index contributed by atoms with van der Waals surface area (Å²) in [5, 5.41) is 11.5. The molecule has 0 spiro atoms. The molecule has 0 bridgehead atoms. The van der Waals surface area contributed by atoms with E-state index < -0.39 is 0 Å². The van der Waals surface area contributed by atoms with Gasteiger partial charge < -0.3 is 10.4 Å². The van der Waals surface area contributed by atoms with Crippen LogP contribution in [0, 0.1) is 6.92 Å². The molecule has 0 saturated carbocycles. The number of unbranched alkanes of at least 4 members (excludes halogenated alkanes) is 2. The first-order valence-corrected chi connectivity index (χ1v) is 6.99. The van der Waals surface area contributed by atoms with Crippen LogP contribution in [0.1, 0.15) is 46.3 Å². The number of aliphatic hydroxyl groups is 1. The normalized spacial score (nSPS) is 10.5. The number of rotatable bonds is 7. The van der Waals surface area contributed by atoms with Gasteiger partial charge >= 0.3 is 0 Å². The smallest absolute Gasteiger partial charge is 0.261 e. The van der Waals surface area contributed by atoms with E-state index >= 15 is 0 Å². The average molecular weight is 255 g/mol. The number of nitrogens with one attached hydrogen (secondary N) is 1. The number of carbonyl (C=O) groups excluding carboxylic acids is 1. The minimum absolute atomic E-state index is 0.0294. The Labute approximate surface area is 107 Å². The summed E-state index contributed by atoms with van der Waals surface area (Å²) in [4.78, 5) is 13.9. The maximum atomic E-state index is 11.8. The van der Waals surface area contributed by atoms with Crippen molar-refractivity contribution in [3.63, 3.8) is 0 Å². The molecule has 0 aliphatic rings. The third kappa shape index (κ3) is 4.48. The van der Waals surface area contributed by atoms with E-state index in [4.69, 9.17) is 5.11 Å². The molecule has 17 heavy (non-hydrogen) atoms. The molecule has 0 aliphatic heterocycles.